The van der Waals surface area contributed by atoms with Crippen molar-refractivity contribution < 1.29 is 4.52 Å². The van der Waals surface area contributed by atoms with Gasteiger partial charge in [-0.15, -0.1) is 0 Å². The summed E-state index contributed by atoms with van der Waals surface area (Å²) < 4.78 is 7.15. The third kappa shape index (κ3) is 2.51. The minimum Gasteiger partial charge on any atom is -0.367 e. The summed E-state index contributed by atoms with van der Waals surface area (Å²) in [6.45, 7) is 0. The van der Waals surface area contributed by atoms with E-state index in [0.717, 1.165) is 31.3 Å². The van der Waals surface area contributed by atoms with Crippen molar-refractivity contribution >= 4 is 37.7 Å². The van der Waals surface area contributed by atoms with Crippen LogP contribution in [-0.4, -0.2) is 5.16 Å². The predicted octanol–water partition coefficient (Wildman–Crippen LogP) is 5.12. The van der Waals surface area contributed by atoms with Crippen LogP contribution >= 0.6 is 31.9 Å². The first-order valence-electron chi connectivity index (χ1n) is 5.92. The maximum atomic E-state index is 5.94. The molecule has 0 aliphatic heterocycles. The van der Waals surface area contributed by atoms with E-state index in [1.807, 2.05) is 48.5 Å². The van der Waals surface area contributed by atoms with Crippen LogP contribution in [0, 0.1) is 0 Å². The van der Waals surface area contributed by atoms with Crippen LogP contribution in [0.15, 0.2) is 62.0 Å². The van der Waals surface area contributed by atoms with Gasteiger partial charge in [0.25, 0.3) is 0 Å². The Labute approximate surface area is 133 Å². The average molecular weight is 394 g/mol. The zero-order valence-corrected chi connectivity index (χ0v) is 13.5. The monoisotopic (exact) mass is 392 g/mol. The van der Waals surface area contributed by atoms with Gasteiger partial charge in [-0.1, -0.05) is 61.3 Å². The van der Waals surface area contributed by atoms with Crippen molar-refractivity contribution in [1.29, 1.82) is 0 Å². The second-order valence-electron chi connectivity index (χ2n) is 4.29. The van der Waals surface area contributed by atoms with Crippen LogP contribution in [0.1, 0.15) is 0 Å². The third-order valence-electron chi connectivity index (χ3n) is 2.93. The minimum atomic E-state index is 0.318. The summed E-state index contributed by atoms with van der Waals surface area (Å²) in [7, 11) is 0. The molecule has 0 unspecified atom stereocenters. The highest BCUT2D eigenvalue weighted by Crippen LogP contribution is 2.37. The molecular formula is C15H10Br2N2O. The molecule has 0 atom stereocenters. The number of aromatic nitrogens is 1. The van der Waals surface area contributed by atoms with Crippen molar-refractivity contribution in [3.05, 3.63) is 57.5 Å². The van der Waals surface area contributed by atoms with E-state index >= 15 is 0 Å². The number of nitrogens with zero attached hydrogens (tertiary/aromatic N) is 1. The molecule has 1 aromatic heterocycles. The number of rotatable bonds is 2. The zero-order chi connectivity index (χ0) is 14.1. The molecule has 0 aliphatic rings. The fourth-order valence-corrected chi connectivity index (χ4v) is 2.86. The molecule has 3 nitrogen and oxygen atoms in total. The Morgan fingerprint density at radius 3 is 2.15 bits per heavy atom. The summed E-state index contributed by atoms with van der Waals surface area (Å²) in [6, 6.07) is 15.8. The van der Waals surface area contributed by atoms with E-state index in [2.05, 4.69) is 37.0 Å². The summed E-state index contributed by atoms with van der Waals surface area (Å²) in [6.07, 6.45) is 0. The Kier molecular flexibility index (Phi) is 3.63. The maximum Gasteiger partial charge on any atom is 0.230 e. The van der Waals surface area contributed by atoms with E-state index in [-0.39, 0.29) is 0 Å². The Balaban J connectivity index is 2.20. The zero-order valence-electron chi connectivity index (χ0n) is 10.3. The first-order chi connectivity index (χ1) is 9.65. The molecule has 2 N–H and O–H groups in total. The molecule has 0 radical (unpaired) electrons. The fourth-order valence-electron chi connectivity index (χ4n) is 2.06. The molecule has 0 amide bonds. The van der Waals surface area contributed by atoms with Crippen molar-refractivity contribution in [2.75, 3.05) is 5.73 Å². The van der Waals surface area contributed by atoms with Gasteiger partial charge in [0.1, 0.15) is 5.69 Å². The maximum absolute atomic E-state index is 5.94. The Bertz CT molecular complexity index is 768. The lowest BCUT2D eigenvalue weighted by Gasteiger charge is -2.04. The van der Waals surface area contributed by atoms with Crippen molar-refractivity contribution in [2.45, 2.75) is 0 Å². The standard InChI is InChI=1S/C15H10Br2N2O/c16-11-5-1-3-9(7-11)13-14(19-20-15(13)18)10-4-2-6-12(17)8-10/h1-8H,18H2. The van der Waals surface area contributed by atoms with Crippen LogP contribution in [-0.2, 0) is 0 Å². The highest BCUT2D eigenvalue weighted by atomic mass is 79.9. The lowest BCUT2D eigenvalue weighted by molar-refractivity contribution is 0.439. The van der Waals surface area contributed by atoms with Gasteiger partial charge in [0.2, 0.25) is 5.88 Å². The first kappa shape index (κ1) is 13.4. The number of halogens is 2. The number of benzene rings is 2. The molecule has 20 heavy (non-hydrogen) atoms. The molecule has 0 spiro atoms. The van der Waals surface area contributed by atoms with E-state index < -0.39 is 0 Å². The molecule has 5 heteroatoms. The van der Waals surface area contributed by atoms with Crippen LogP contribution < -0.4 is 5.73 Å². The summed E-state index contributed by atoms with van der Waals surface area (Å²) >= 11 is 6.93. The predicted molar refractivity (Wildman–Crippen MR) is 87.2 cm³/mol. The van der Waals surface area contributed by atoms with Gasteiger partial charge in [0.15, 0.2) is 0 Å². The summed E-state index contributed by atoms with van der Waals surface area (Å²) in [4.78, 5) is 0. The van der Waals surface area contributed by atoms with Crippen molar-refractivity contribution in [1.82, 2.24) is 5.16 Å². The molecule has 0 saturated carbocycles. The van der Waals surface area contributed by atoms with Gasteiger partial charge in [-0.05, 0) is 29.8 Å². The Morgan fingerprint density at radius 2 is 1.50 bits per heavy atom. The molecule has 100 valence electrons. The van der Waals surface area contributed by atoms with Gasteiger partial charge in [-0.25, -0.2) is 0 Å². The molecule has 0 bridgehead atoms. The third-order valence-corrected chi connectivity index (χ3v) is 3.92. The summed E-state index contributed by atoms with van der Waals surface area (Å²) in [5.74, 6) is 0.318. The largest absolute Gasteiger partial charge is 0.367 e. The van der Waals surface area contributed by atoms with E-state index in [0.29, 0.717) is 5.88 Å². The smallest absolute Gasteiger partial charge is 0.230 e. The van der Waals surface area contributed by atoms with Crippen LogP contribution in [0.5, 0.6) is 0 Å². The normalized spacial score (nSPS) is 10.7. The molecule has 0 aliphatic carbocycles. The van der Waals surface area contributed by atoms with Crippen molar-refractivity contribution in [3.8, 4) is 22.4 Å². The first-order valence-corrected chi connectivity index (χ1v) is 7.51. The van der Waals surface area contributed by atoms with E-state index in [1.165, 1.54) is 0 Å². The van der Waals surface area contributed by atoms with Gasteiger partial charge in [-0.2, -0.15) is 0 Å². The molecule has 3 aromatic rings. The lowest BCUT2D eigenvalue weighted by Crippen LogP contribution is -1.88. The number of hydrogen-bond donors (Lipinski definition) is 1. The molecule has 3 rings (SSSR count). The van der Waals surface area contributed by atoms with Gasteiger partial charge in [0.05, 0.1) is 5.56 Å². The molecule has 0 saturated heterocycles. The quantitative estimate of drug-likeness (QED) is 0.657. The van der Waals surface area contributed by atoms with Gasteiger partial charge >= 0.3 is 0 Å². The SMILES string of the molecule is Nc1onc(-c2cccc(Br)c2)c1-c1cccc(Br)c1. The second-order valence-corrected chi connectivity index (χ2v) is 6.12. The number of hydrogen-bond acceptors (Lipinski definition) is 3. The summed E-state index contributed by atoms with van der Waals surface area (Å²) in [5, 5.41) is 4.10. The molecular weight excluding hydrogens is 384 g/mol. The number of nitrogens with two attached hydrogens (primary N) is 1. The highest BCUT2D eigenvalue weighted by molar-refractivity contribution is 9.10. The highest BCUT2D eigenvalue weighted by Gasteiger charge is 2.17. The average Bonchev–Trinajstić information content (AvgIpc) is 2.80. The van der Waals surface area contributed by atoms with Crippen LogP contribution in [0.2, 0.25) is 0 Å². The molecule has 2 aromatic carbocycles. The van der Waals surface area contributed by atoms with Gasteiger partial charge < -0.3 is 10.3 Å². The van der Waals surface area contributed by atoms with Crippen LogP contribution in [0.25, 0.3) is 22.4 Å². The van der Waals surface area contributed by atoms with Crippen LogP contribution in [0.3, 0.4) is 0 Å². The second kappa shape index (κ2) is 5.42. The van der Waals surface area contributed by atoms with E-state index in [1.54, 1.807) is 0 Å². The number of anilines is 1. The molecule has 0 fully saturated rings. The van der Waals surface area contributed by atoms with E-state index in [4.69, 9.17) is 10.3 Å². The topological polar surface area (TPSA) is 52.0 Å². The Hall–Kier alpha value is -1.59. The van der Waals surface area contributed by atoms with E-state index in [9.17, 15) is 0 Å². The minimum absolute atomic E-state index is 0.318. The van der Waals surface area contributed by atoms with Crippen molar-refractivity contribution in [2.24, 2.45) is 0 Å². The molecule has 1 heterocycles. The van der Waals surface area contributed by atoms with Crippen molar-refractivity contribution in [3.63, 3.8) is 0 Å². The Morgan fingerprint density at radius 1 is 0.900 bits per heavy atom. The fraction of sp³-hybridized carbons (Fsp3) is 0. The number of nitrogen functional groups attached to an aromatic ring is 1. The van der Waals surface area contributed by atoms with Crippen LogP contribution in [0.4, 0.5) is 5.88 Å². The van der Waals surface area contributed by atoms with Gasteiger partial charge in [0, 0.05) is 14.5 Å². The van der Waals surface area contributed by atoms with Gasteiger partial charge in [-0.3, -0.25) is 0 Å². The summed E-state index contributed by atoms with van der Waals surface area (Å²) in [5.41, 5.74) is 9.41. The lowest BCUT2D eigenvalue weighted by atomic mass is 10.0.